The van der Waals surface area contributed by atoms with Crippen LogP contribution in [-0.2, 0) is 25.7 Å². The Morgan fingerprint density at radius 2 is 1.57 bits per heavy atom. The van der Waals surface area contributed by atoms with Crippen molar-refractivity contribution in [2.75, 3.05) is 55.1 Å². The molecule has 10 heteroatoms. The number of carbonyl (C=O) groups is 4. The first-order valence-electron chi connectivity index (χ1n) is 15.5. The Morgan fingerprint density at radius 3 is 2.26 bits per heavy atom. The van der Waals surface area contributed by atoms with Gasteiger partial charge in [0.1, 0.15) is 18.3 Å². The molecule has 0 aliphatic carbocycles. The Bertz CT molecular complexity index is 1770. The fourth-order valence-electron chi connectivity index (χ4n) is 5.89. The molecule has 1 saturated heterocycles. The minimum Gasteiger partial charge on any atom is -0.497 e. The summed E-state index contributed by atoms with van der Waals surface area (Å²) in [6.45, 7) is 4.50. The number of methoxy groups -OCH3 is 1. The third kappa shape index (κ3) is 6.87. The Labute approximate surface area is 273 Å². The lowest BCUT2D eigenvalue weighted by Crippen LogP contribution is -2.46. The molecule has 1 fully saturated rings. The molecule has 2 aliphatic heterocycles. The van der Waals surface area contributed by atoms with Crippen molar-refractivity contribution < 1.29 is 28.7 Å². The van der Waals surface area contributed by atoms with Crippen LogP contribution in [0.5, 0.6) is 5.75 Å². The van der Waals surface area contributed by atoms with E-state index in [1.807, 2.05) is 67.6 Å². The average molecular weight is 633 g/mol. The minimum atomic E-state index is -1.06. The van der Waals surface area contributed by atoms with Crippen molar-refractivity contribution in [3.63, 3.8) is 0 Å². The molecule has 10 nitrogen and oxygen atoms in total. The zero-order chi connectivity index (χ0) is 32.9. The molecule has 0 bridgehead atoms. The highest BCUT2D eigenvalue weighted by Crippen LogP contribution is 2.31. The van der Waals surface area contributed by atoms with Gasteiger partial charge in [0.05, 0.1) is 31.6 Å². The molecule has 0 aromatic heterocycles. The first kappa shape index (κ1) is 31.5. The molecule has 47 heavy (non-hydrogen) atoms. The lowest BCUT2D eigenvalue weighted by molar-refractivity contribution is -0.139. The minimum absolute atomic E-state index is 0.0579. The fourth-order valence-corrected chi connectivity index (χ4v) is 5.89. The zero-order valence-corrected chi connectivity index (χ0v) is 26.3. The lowest BCUT2D eigenvalue weighted by Gasteiger charge is -2.33. The van der Waals surface area contributed by atoms with E-state index in [1.165, 1.54) is 9.80 Å². The number of morpholine rings is 1. The second-order valence-electron chi connectivity index (χ2n) is 11.6. The van der Waals surface area contributed by atoms with Crippen LogP contribution in [0.1, 0.15) is 33.1 Å². The van der Waals surface area contributed by atoms with Gasteiger partial charge in [-0.15, -0.1) is 0 Å². The Hall–Kier alpha value is -5.48. The first-order valence-corrected chi connectivity index (χ1v) is 15.5. The molecular weight excluding hydrogens is 596 g/mol. The van der Waals surface area contributed by atoms with Crippen LogP contribution in [0, 0.1) is 6.92 Å². The Kier molecular flexibility index (Phi) is 9.30. The summed E-state index contributed by atoms with van der Waals surface area (Å²) in [6.07, 6.45) is 0. The van der Waals surface area contributed by atoms with Crippen molar-refractivity contribution in [3.05, 3.63) is 119 Å². The summed E-state index contributed by atoms with van der Waals surface area (Å²) in [5, 5.41) is 3.02. The number of nitrogens with one attached hydrogen (secondary N) is 1. The molecule has 0 radical (unpaired) electrons. The van der Waals surface area contributed by atoms with E-state index in [1.54, 1.807) is 43.5 Å². The number of nitrogens with zero attached hydrogens (tertiary/aromatic N) is 3. The molecule has 240 valence electrons. The lowest BCUT2D eigenvalue weighted by atomic mass is 10.0. The summed E-state index contributed by atoms with van der Waals surface area (Å²) in [5.74, 6) is -1.71. The number of ketones is 1. The van der Waals surface area contributed by atoms with Gasteiger partial charge in [-0.1, -0.05) is 54.1 Å². The molecular formula is C37H36N4O6. The summed E-state index contributed by atoms with van der Waals surface area (Å²) in [5.41, 5.74) is 4.58. The molecule has 0 spiro atoms. The van der Waals surface area contributed by atoms with Gasteiger partial charge >= 0.3 is 0 Å². The van der Waals surface area contributed by atoms with E-state index < -0.39 is 36.1 Å². The smallest absolute Gasteiger partial charge is 0.299 e. The number of hydrogen-bond acceptors (Lipinski definition) is 7. The van der Waals surface area contributed by atoms with Crippen molar-refractivity contribution in [3.8, 4) is 5.75 Å². The van der Waals surface area contributed by atoms with Gasteiger partial charge in [0, 0.05) is 31.0 Å². The van der Waals surface area contributed by atoms with Gasteiger partial charge in [-0.05, 0) is 66.6 Å². The molecule has 1 N–H and O–H groups in total. The van der Waals surface area contributed by atoms with Gasteiger partial charge in [0.25, 0.3) is 17.6 Å². The molecule has 1 unspecified atom stereocenters. The number of carbonyl (C=O) groups excluding carboxylic acids is 4. The highest BCUT2D eigenvalue weighted by Gasteiger charge is 2.39. The molecule has 6 rings (SSSR count). The van der Waals surface area contributed by atoms with Crippen molar-refractivity contribution in [2.24, 2.45) is 0 Å². The van der Waals surface area contributed by atoms with Crippen LogP contribution in [-0.4, -0.2) is 68.4 Å². The SMILES string of the molecule is COc1ccc(CN(C(=O)CN2C(=O)C(=O)c3ccccc32)C(C(=O)Nc2ccc(N3CCOCC3)cc2)c2ccc(C)cc2)cc1. The molecule has 4 aromatic rings. The van der Waals surface area contributed by atoms with Gasteiger partial charge < -0.3 is 24.6 Å². The number of anilines is 3. The molecule has 2 aliphatic rings. The normalized spacial score (nSPS) is 14.9. The fraction of sp³-hybridized carbons (Fsp3) is 0.243. The summed E-state index contributed by atoms with van der Waals surface area (Å²) in [6, 6.07) is 27.8. The number of benzene rings is 4. The van der Waals surface area contributed by atoms with E-state index in [4.69, 9.17) is 9.47 Å². The van der Waals surface area contributed by atoms with E-state index in [2.05, 4.69) is 10.2 Å². The van der Waals surface area contributed by atoms with E-state index in [0.717, 1.165) is 29.9 Å². The van der Waals surface area contributed by atoms with Crippen molar-refractivity contribution in [1.82, 2.24) is 4.90 Å². The quantitative estimate of drug-likeness (QED) is 0.251. The van der Waals surface area contributed by atoms with E-state index in [9.17, 15) is 19.2 Å². The molecule has 1 atom stereocenters. The number of amides is 3. The number of ether oxygens (including phenoxy) is 2. The number of para-hydroxylation sites is 1. The van der Waals surface area contributed by atoms with Crippen LogP contribution < -0.4 is 19.9 Å². The van der Waals surface area contributed by atoms with Crippen LogP contribution >= 0.6 is 0 Å². The number of Topliss-reactive ketones (excluding diaryl/α,β-unsaturated/α-hetero) is 1. The van der Waals surface area contributed by atoms with Crippen LogP contribution in [0.3, 0.4) is 0 Å². The topological polar surface area (TPSA) is 108 Å². The van der Waals surface area contributed by atoms with E-state index in [0.29, 0.717) is 35.9 Å². The highest BCUT2D eigenvalue weighted by molar-refractivity contribution is 6.52. The highest BCUT2D eigenvalue weighted by atomic mass is 16.5. The number of rotatable bonds is 10. The van der Waals surface area contributed by atoms with Gasteiger partial charge in [-0.2, -0.15) is 0 Å². The summed E-state index contributed by atoms with van der Waals surface area (Å²) in [4.78, 5) is 59.3. The predicted octanol–water partition coefficient (Wildman–Crippen LogP) is 4.78. The predicted molar refractivity (Wildman–Crippen MR) is 179 cm³/mol. The molecule has 0 saturated carbocycles. The molecule has 4 aromatic carbocycles. The first-order chi connectivity index (χ1) is 22.8. The van der Waals surface area contributed by atoms with Gasteiger partial charge in [0.2, 0.25) is 5.91 Å². The maximum atomic E-state index is 14.3. The maximum Gasteiger partial charge on any atom is 0.299 e. The molecule has 3 amide bonds. The molecule has 2 heterocycles. The Balaban J connectivity index is 1.34. The average Bonchev–Trinajstić information content (AvgIpc) is 3.34. The van der Waals surface area contributed by atoms with Crippen LogP contribution in [0.2, 0.25) is 0 Å². The van der Waals surface area contributed by atoms with Crippen molar-refractivity contribution in [2.45, 2.75) is 19.5 Å². The number of hydrogen-bond donors (Lipinski definition) is 1. The standard InChI is InChI=1S/C37H36N4O6/c1-25-7-11-27(12-8-25)34(36(44)38-28-13-15-29(16-14-28)39-19-21-47-22-20-39)41(23-26-9-17-30(46-2)18-10-26)33(42)24-40-32-6-4-3-5-31(32)35(43)37(40)45/h3-18,34H,19-24H2,1-2H3,(H,38,44). The van der Waals surface area contributed by atoms with Crippen LogP contribution in [0.25, 0.3) is 0 Å². The number of fused-ring (bicyclic) bond motifs is 1. The second-order valence-corrected chi connectivity index (χ2v) is 11.6. The van der Waals surface area contributed by atoms with Gasteiger partial charge in [0.15, 0.2) is 0 Å². The van der Waals surface area contributed by atoms with Gasteiger partial charge in [-0.25, -0.2) is 0 Å². The number of aryl methyl sites for hydroxylation is 1. The van der Waals surface area contributed by atoms with Crippen LogP contribution in [0.4, 0.5) is 17.1 Å². The third-order valence-corrected chi connectivity index (χ3v) is 8.47. The monoisotopic (exact) mass is 632 g/mol. The van der Waals surface area contributed by atoms with Crippen molar-refractivity contribution in [1.29, 1.82) is 0 Å². The summed E-state index contributed by atoms with van der Waals surface area (Å²) in [7, 11) is 1.57. The second kappa shape index (κ2) is 13.9. The maximum absolute atomic E-state index is 14.3. The van der Waals surface area contributed by atoms with E-state index in [-0.39, 0.29) is 12.1 Å². The Morgan fingerprint density at radius 1 is 0.894 bits per heavy atom. The summed E-state index contributed by atoms with van der Waals surface area (Å²) < 4.78 is 10.8. The van der Waals surface area contributed by atoms with Crippen molar-refractivity contribution >= 4 is 40.6 Å². The van der Waals surface area contributed by atoms with Crippen LogP contribution in [0.15, 0.2) is 97.1 Å². The largest absolute Gasteiger partial charge is 0.497 e. The summed E-state index contributed by atoms with van der Waals surface area (Å²) >= 11 is 0. The van der Waals surface area contributed by atoms with E-state index >= 15 is 0 Å². The third-order valence-electron chi connectivity index (χ3n) is 8.47. The van der Waals surface area contributed by atoms with Gasteiger partial charge in [-0.3, -0.25) is 24.1 Å². The zero-order valence-electron chi connectivity index (χ0n) is 26.3.